The molecule has 5 heteroatoms. The Morgan fingerprint density at radius 1 is 1.10 bits per heavy atom. The molecular formula is C16H24FNO3. The highest BCUT2D eigenvalue weighted by Gasteiger charge is 2.48. The molecule has 2 aliphatic carbocycles. The Morgan fingerprint density at radius 3 is 2.48 bits per heavy atom. The van der Waals surface area contributed by atoms with Crippen molar-refractivity contribution < 1.29 is 19.1 Å². The largest absolute Gasteiger partial charge is 0.479 e. The van der Waals surface area contributed by atoms with Crippen molar-refractivity contribution in [2.75, 3.05) is 13.1 Å². The summed E-state index contributed by atoms with van der Waals surface area (Å²) < 4.78 is 14.1. The second-order valence-corrected chi connectivity index (χ2v) is 7.09. The number of alkyl halides is 1. The van der Waals surface area contributed by atoms with E-state index in [9.17, 15) is 14.0 Å². The Hall–Kier alpha value is -1.13. The SMILES string of the molecule is O=C(C1CCC2CCCCC2C1)N1CCC(F)(C(=O)O)C1. The van der Waals surface area contributed by atoms with Crippen LogP contribution in [0, 0.1) is 17.8 Å². The first-order chi connectivity index (χ1) is 9.99. The van der Waals surface area contributed by atoms with E-state index in [1.54, 1.807) is 0 Å². The molecule has 0 aromatic carbocycles. The van der Waals surface area contributed by atoms with Gasteiger partial charge in [-0.25, -0.2) is 9.18 Å². The molecule has 4 nitrogen and oxygen atoms in total. The average Bonchev–Trinajstić information content (AvgIpc) is 2.90. The molecular weight excluding hydrogens is 273 g/mol. The van der Waals surface area contributed by atoms with Crippen molar-refractivity contribution in [3.05, 3.63) is 0 Å². The zero-order valence-electron chi connectivity index (χ0n) is 12.4. The fourth-order valence-electron chi connectivity index (χ4n) is 4.49. The van der Waals surface area contributed by atoms with Crippen molar-refractivity contribution in [2.24, 2.45) is 17.8 Å². The molecule has 1 saturated heterocycles. The average molecular weight is 297 g/mol. The maximum Gasteiger partial charge on any atom is 0.343 e. The predicted octanol–water partition coefficient (Wildman–Crippen LogP) is 2.62. The van der Waals surface area contributed by atoms with Gasteiger partial charge in [-0.1, -0.05) is 25.7 Å². The van der Waals surface area contributed by atoms with Crippen LogP contribution in [-0.2, 0) is 9.59 Å². The van der Waals surface area contributed by atoms with Gasteiger partial charge in [0.2, 0.25) is 11.6 Å². The van der Waals surface area contributed by atoms with Crippen LogP contribution in [0.2, 0.25) is 0 Å². The Morgan fingerprint density at radius 2 is 1.81 bits per heavy atom. The van der Waals surface area contributed by atoms with Crippen molar-refractivity contribution in [2.45, 2.75) is 57.0 Å². The molecule has 3 aliphatic rings. The van der Waals surface area contributed by atoms with Crippen LogP contribution in [0.4, 0.5) is 4.39 Å². The first-order valence-electron chi connectivity index (χ1n) is 8.21. The molecule has 0 aromatic rings. The van der Waals surface area contributed by atoms with Gasteiger partial charge in [0.1, 0.15) is 0 Å². The summed E-state index contributed by atoms with van der Waals surface area (Å²) in [5.74, 6) is -0.0339. The summed E-state index contributed by atoms with van der Waals surface area (Å²) in [5, 5.41) is 8.92. The summed E-state index contributed by atoms with van der Waals surface area (Å²) in [6, 6.07) is 0. The number of likely N-dealkylation sites (tertiary alicyclic amines) is 1. The van der Waals surface area contributed by atoms with E-state index in [4.69, 9.17) is 5.11 Å². The first kappa shape index (κ1) is 14.8. The van der Waals surface area contributed by atoms with Gasteiger partial charge in [0, 0.05) is 18.9 Å². The number of carboxylic acid groups (broad SMARTS) is 1. The van der Waals surface area contributed by atoms with Gasteiger partial charge in [0.25, 0.3) is 0 Å². The Bertz CT molecular complexity index is 441. The lowest BCUT2D eigenvalue weighted by Gasteiger charge is -2.39. The van der Waals surface area contributed by atoms with Gasteiger partial charge in [-0.2, -0.15) is 0 Å². The third-order valence-corrected chi connectivity index (χ3v) is 5.80. The number of carbonyl (C=O) groups excluding carboxylic acids is 1. The van der Waals surface area contributed by atoms with E-state index in [2.05, 4.69) is 0 Å². The topological polar surface area (TPSA) is 57.6 Å². The summed E-state index contributed by atoms with van der Waals surface area (Å²) in [7, 11) is 0. The summed E-state index contributed by atoms with van der Waals surface area (Å²) in [4.78, 5) is 24.9. The fourth-order valence-corrected chi connectivity index (χ4v) is 4.49. The van der Waals surface area contributed by atoms with E-state index in [0.717, 1.165) is 25.2 Å². The number of hydrogen-bond donors (Lipinski definition) is 1. The molecule has 2 saturated carbocycles. The molecule has 1 N–H and O–H groups in total. The number of carboxylic acids is 1. The summed E-state index contributed by atoms with van der Waals surface area (Å²) in [6.07, 6.45) is 7.93. The van der Waals surface area contributed by atoms with Crippen LogP contribution in [0.5, 0.6) is 0 Å². The van der Waals surface area contributed by atoms with Crippen LogP contribution in [0.3, 0.4) is 0 Å². The van der Waals surface area contributed by atoms with Gasteiger partial charge in [-0.3, -0.25) is 4.79 Å². The van der Waals surface area contributed by atoms with Crippen LogP contribution in [-0.4, -0.2) is 40.6 Å². The number of amides is 1. The number of nitrogens with zero attached hydrogens (tertiary/aromatic N) is 1. The quantitative estimate of drug-likeness (QED) is 0.852. The number of fused-ring (bicyclic) bond motifs is 1. The normalized spacial score (nSPS) is 39.9. The van der Waals surface area contributed by atoms with E-state index >= 15 is 0 Å². The minimum atomic E-state index is -2.24. The minimum Gasteiger partial charge on any atom is -0.479 e. The highest BCUT2D eigenvalue weighted by atomic mass is 19.1. The molecule has 0 radical (unpaired) electrons. The van der Waals surface area contributed by atoms with Crippen molar-refractivity contribution in [1.82, 2.24) is 4.90 Å². The predicted molar refractivity (Wildman–Crippen MR) is 75.5 cm³/mol. The fraction of sp³-hybridized carbons (Fsp3) is 0.875. The monoisotopic (exact) mass is 297 g/mol. The molecule has 1 heterocycles. The van der Waals surface area contributed by atoms with Crippen molar-refractivity contribution in [1.29, 1.82) is 0 Å². The molecule has 4 atom stereocenters. The minimum absolute atomic E-state index is 0.0134. The van der Waals surface area contributed by atoms with E-state index in [1.165, 1.54) is 30.6 Å². The van der Waals surface area contributed by atoms with Crippen molar-refractivity contribution in [3.63, 3.8) is 0 Å². The zero-order chi connectivity index (χ0) is 15.0. The number of aliphatic carboxylic acids is 1. The Kier molecular flexibility index (Phi) is 3.93. The van der Waals surface area contributed by atoms with Gasteiger partial charge in [0.15, 0.2) is 0 Å². The molecule has 3 fully saturated rings. The van der Waals surface area contributed by atoms with Gasteiger partial charge in [-0.15, -0.1) is 0 Å². The molecule has 1 aliphatic heterocycles. The Labute approximate surface area is 124 Å². The smallest absolute Gasteiger partial charge is 0.343 e. The van der Waals surface area contributed by atoms with Crippen LogP contribution in [0.25, 0.3) is 0 Å². The van der Waals surface area contributed by atoms with E-state index in [-0.39, 0.29) is 31.3 Å². The van der Waals surface area contributed by atoms with Crippen molar-refractivity contribution >= 4 is 11.9 Å². The maximum atomic E-state index is 14.1. The summed E-state index contributed by atoms with van der Waals surface area (Å²) in [5.41, 5.74) is -2.24. The second kappa shape index (κ2) is 5.58. The number of hydrogen-bond acceptors (Lipinski definition) is 2. The highest BCUT2D eigenvalue weighted by molar-refractivity contribution is 5.83. The highest BCUT2D eigenvalue weighted by Crippen LogP contribution is 2.43. The molecule has 0 spiro atoms. The van der Waals surface area contributed by atoms with Crippen LogP contribution in [0.1, 0.15) is 51.4 Å². The molecule has 118 valence electrons. The van der Waals surface area contributed by atoms with E-state index in [1.807, 2.05) is 0 Å². The second-order valence-electron chi connectivity index (χ2n) is 7.09. The maximum absolute atomic E-state index is 14.1. The number of halogens is 1. The molecule has 3 rings (SSSR count). The molecule has 4 unspecified atom stereocenters. The van der Waals surface area contributed by atoms with Gasteiger partial charge in [-0.05, 0) is 31.1 Å². The van der Waals surface area contributed by atoms with Crippen molar-refractivity contribution in [3.8, 4) is 0 Å². The lowest BCUT2D eigenvalue weighted by atomic mass is 9.67. The first-order valence-corrected chi connectivity index (χ1v) is 8.21. The van der Waals surface area contributed by atoms with Crippen LogP contribution >= 0.6 is 0 Å². The van der Waals surface area contributed by atoms with Crippen LogP contribution < -0.4 is 0 Å². The van der Waals surface area contributed by atoms with Gasteiger partial charge < -0.3 is 10.0 Å². The lowest BCUT2D eigenvalue weighted by Crippen LogP contribution is -2.42. The zero-order valence-corrected chi connectivity index (χ0v) is 12.4. The third kappa shape index (κ3) is 2.79. The molecule has 21 heavy (non-hydrogen) atoms. The van der Waals surface area contributed by atoms with Gasteiger partial charge in [0.05, 0.1) is 6.54 Å². The number of carbonyl (C=O) groups is 2. The van der Waals surface area contributed by atoms with E-state index < -0.39 is 11.6 Å². The number of rotatable bonds is 2. The summed E-state index contributed by atoms with van der Waals surface area (Å²) >= 11 is 0. The Balaban J connectivity index is 1.60. The van der Waals surface area contributed by atoms with Gasteiger partial charge >= 0.3 is 5.97 Å². The molecule has 0 bridgehead atoms. The summed E-state index contributed by atoms with van der Waals surface area (Å²) in [6.45, 7) is -0.0298. The third-order valence-electron chi connectivity index (χ3n) is 5.80. The standard InChI is InChI=1S/C16H24FNO3/c17-16(15(20)21)7-8-18(10-16)14(19)13-6-5-11-3-1-2-4-12(11)9-13/h11-13H,1-10H2,(H,20,21). The van der Waals surface area contributed by atoms with E-state index in [0.29, 0.717) is 5.92 Å². The molecule has 1 amide bonds. The lowest BCUT2D eigenvalue weighted by molar-refractivity contribution is -0.150. The molecule has 0 aromatic heterocycles. The van der Waals surface area contributed by atoms with Crippen LogP contribution in [0.15, 0.2) is 0 Å².